The summed E-state index contributed by atoms with van der Waals surface area (Å²) in [6, 6.07) is 18.5. The van der Waals surface area contributed by atoms with Gasteiger partial charge in [-0.15, -0.1) is 0 Å². The normalized spacial score (nSPS) is 11.0. The molecule has 2 amide bonds. The topological polar surface area (TPSA) is 132 Å². The number of benzene rings is 2. The summed E-state index contributed by atoms with van der Waals surface area (Å²) in [4.78, 5) is 40.6. The second-order valence-electron chi connectivity index (χ2n) is 8.94. The predicted molar refractivity (Wildman–Crippen MR) is 147 cm³/mol. The monoisotopic (exact) mass is 551 g/mol. The van der Waals surface area contributed by atoms with Crippen LogP contribution in [0, 0.1) is 0 Å². The van der Waals surface area contributed by atoms with E-state index >= 15 is 0 Å². The number of nitrogens with zero attached hydrogens (tertiary/aromatic N) is 1. The van der Waals surface area contributed by atoms with Gasteiger partial charge in [-0.3, -0.25) is 9.59 Å². The highest BCUT2D eigenvalue weighted by Crippen LogP contribution is 2.13. The summed E-state index contributed by atoms with van der Waals surface area (Å²) < 4.78 is 32.8. The Morgan fingerprint density at radius 3 is 2.38 bits per heavy atom. The minimum absolute atomic E-state index is 0.0181. The summed E-state index contributed by atoms with van der Waals surface area (Å²) in [7, 11) is -4.16. The molecule has 0 radical (unpaired) electrons. The third kappa shape index (κ3) is 9.64. The van der Waals surface area contributed by atoms with E-state index in [1.165, 1.54) is 24.3 Å². The number of unbranched alkanes of at least 4 members (excludes halogenated alkanes) is 2. The van der Waals surface area contributed by atoms with Gasteiger partial charge in [-0.1, -0.05) is 62.2 Å². The Bertz CT molecular complexity index is 1360. The first-order valence-electron chi connectivity index (χ1n) is 12.9. The Kier molecular flexibility index (Phi) is 11.2. The number of hydrogen-bond donors (Lipinski definition) is 2. The molecule has 0 atom stereocenters. The second-order valence-corrected chi connectivity index (χ2v) is 10.6. The largest absolute Gasteiger partial charge is 0.461 e. The lowest BCUT2D eigenvalue weighted by Crippen LogP contribution is -2.31. The fourth-order valence-corrected chi connectivity index (χ4v) is 4.73. The zero-order valence-electron chi connectivity index (χ0n) is 21.9. The number of carbonyl (C=O) groups excluding carboxylic acids is 3. The second kappa shape index (κ2) is 14.8. The van der Waals surface area contributed by atoms with Crippen LogP contribution < -0.4 is 10.0 Å². The van der Waals surface area contributed by atoms with Crippen molar-refractivity contribution in [1.82, 2.24) is 15.0 Å². The molecule has 0 saturated carbocycles. The quantitative estimate of drug-likeness (QED) is 0.230. The number of aromatic nitrogens is 1. The summed E-state index contributed by atoms with van der Waals surface area (Å²) in [5.74, 6) is -1.56. The molecule has 2 aromatic carbocycles. The molecule has 206 valence electrons. The highest BCUT2D eigenvalue weighted by Gasteiger charge is 2.20. The maximum atomic E-state index is 12.8. The fourth-order valence-electron chi connectivity index (χ4n) is 3.69. The first-order valence-corrected chi connectivity index (χ1v) is 14.4. The Morgan fingerprint density at radius 1 is 0.897 bits per heavy atom. The maximum absolute atomic E-state index is 12.8. The first-order chi connectivity index (χ1) is 18.8. The first kappa shape index (κ1) is 29.5. The molecule has 39 heavy (non-hydrogen) atoms. The van der Waals surface area contributed by atoms with E-state index in [1.807, 2.05) is 42.0 Å². The molecule has 9 nitrogen and oxygen atoms in total. The standard InChI is InChI=1S/C29H33N3O6S/c1-2-3-7-19-38-29(35)26-15-14-24(21-31-26)28(34)32-39(36,37)25-12-8-11-23(20-25)17-18-30-27(33)16-13-22-9-5-4-6-10-22/h4-6,8-12,14-15,20-21H,2-3,7,13,16-19H2,1H3,(H,30,33)(H,32,34). The molecule has 1 heterocycles. The smallest absolute Gasteiger partial charge is 0.356 e. The maximum Gasteiger partial charge on any atom is 0.356 e. The molecule has 0 spiro atoms. The van der Waals surface area contributed by atoms with E-state index in [0.29, 0.717) is 31.4 Å². The van der Waals surface area contributed by atoms with Gasteiger partial charge in [0.05, 0.1) is 17.1 Å². The van der Waals surface area contributed by atoms with Crippen molar-refractivity contribution in [3.05, 3.63) is 95.3 Å². The van der Waals surface area contributed by atoms with Crippen molar-refractivity contribution in [2.45, 2.75) is 50.3 Å². The molecular weight excluding hydrogens is 518 g/mol. The van der Waals surface area contributed by atoms with Crippen molar-refractivity contribution in [2.75, 3.05) is 13.2 Å². The van der Waals surface area contributed by atoms with Crippen LogP contribution in [-0.4, -0.2) is 44.3 Å². The fraction of sp³-hybridized carbons (Fsp3) is 0.310. The van der Waals surface area contributed by atoms with E-state index in [2.05, 4.69) is 10.3 Å². The van der Waals surface area contributed by atoms with Crippen molar-refractivity contribution >= 4 is 27.8 Å². The molecule has 0 fully saturated rings. The molecular formula is C29H33N3O6S. The average molecular weight is 552 g/mol. The van der Waals surface area contributed by atoms with E-state index < -0.39 is 21.9 Å². The predicted octanol–water partition coefficient (Wildman–Crippen LogP) is 3.84. The van der Waals surface area contributed by atoms with Gasteiger partial charge in [0.15, 0.2) is 0 Å². The molecule has 10 heteroatoms. The Morgan fingerprint density at radius 2 is 1.67 bits per heavy atom. The molecule has 0 saturated heterocycles. The molecule has 0 aliphatic carbocycles. The van der Waals surface area contributed by atoms with Crippen molar-refractivity contribution in [2.24, 2.45) is 0 Å². The molecule has 2 N–H and O–H groups in total. The van der Waals surface area contributed by atoms with Gasteiger partial charge in [-0.2, -0.15) is 0 Å². The van der Waals surface area contributed by atoms with Gasteiger partial charge in [0.2, 0.25) is 5.91 Å². The number of amides is 2. The van der Waals surface area contributed by atoms with E-state index in [0.717, 1.165) is 31.0 Å². The van der Waals surface area contributed by atoms with Crippen LogP contribution in [-0.2, 0) is 32.4 Å². The SMILES string of the molecule is CCCCCOC(=O)c1ccc(C(=O)NS(=O)(=O)c2cccc(CCNC(=O)CCc3ccccc3)c2)cn1. The number of aryl methyl sites for hydroxylation is 1. The summed E-state index contributed by atoms with van der Waals surface area (Å²) in [6.45, 7) is 2.68. The zero-order chi connectivity index (χ0) is 28.1. The number of esters is 1. The lowest BCUT2D eigenvalue weighted by molar-refractivity contribution is -0.121. The van der Waals surface area contributed by atoms with Crippen LogP contribution >= 0.6 is 0 Å². The summed E-state index contributed by atoms with van der Waals surface area (Å²) in [5, 5.41) is 2.84. The minimum Gasteiger partial charge on any atom is -0.461 e. The van der Waals surface area contributed by atoms with Gasteiger partial charge in [-0.25, -0.2) is 22.9 Å². The Labute approximate surface area is 229 Å². The number of hydrogen-bond acceptors (Lipinski definition) is 7. The zero-order valence-corrected chi connectivity index (χ0v) is 22.7. The number of ether oxygens (including phenoxy) is 1. The lowest BCUT2D eigenvalue weighted by atomic mass is 10.1. The van der Waals surface area contributed by atoms with Gasteiger partial charge >= 0.3 is 5.97 Å². The summed E-state index contributed by atoms with van der Waals surface area (Å²) in [6.07, 6.45) is 5.26. The third-order valence-corrected chi connectivity index (χ3v) is 7.20. The number of rotatable bonds is 14. The molecule has 0 bridgehead atoms. The number of carbonyl (C=O) groups is 3. The molecule has 3 aromatic rings. The molecule has 0 aliphatic rings. The van der Waals surface area contributed by atoms with Crippen molar-refractivity contribution in [1.29, 1.82) is 0 Å². The van der Waals surface area contributed by atoms with Crippen LogP contribution in [0.4, 0.5) is 0 Å². The molecule has 0 aliphatic heterocycles. The van der Waals surface area contributed by atoms with Gasteiger partial charge < -0.3 is 10.1 Å². The molecule has 0 unspecified atom stereocenters. The van der Waals surface area contributed by atoms with Crippen LogP contribution in [0.15, 0.2) is 77.8 Å². The molecule has 3 rings (SSSR count). The van der Waals surface area contributed by atoms with E-state index in [-0.39, 0.29) is 28.7 Å². The van der Waals surface area contributed by atoms with Crippen molar-refractivity contribution in [3.8, 4) is 0 Å². The van der Waals surface area contributed by atoms with Gasteiger partial charge in [0, 0.05) is 19.2 Å². The number of pyridine rings is 1. The van der Waals surface area contributed by atoms with Crippen molar-refractivity contribution in [3.63, 3.8) is 0 Å². The van der Waals surface area contributed by atoms with E-state index in [1.54, 1.807) is 12.1 Å². The summed E-state index contributed by atoms with van der Waals surface area (Å²) in [5.41, 5.74) is 1.79. The number of nitrogens with one attached hydrogen (secondary N) is 2. The van der Waals surface area contributed by atoms with Crippen LogP contribution in [0.3, 0.4) is 0 Å². The van der Waals surface area contributed by atoms with Crippen LogP contribution in [0.5, 0.6) is 0 Å². The Balaban J connectivity index is 1.50. The Hall–Kier alpha value is -4.05. The highest BCUT2D eigenvalue weighted by molar-refractivity contribution is 7.90. The minimum atomic E-state index is -4.16. The van der Waals surface area contributed by atoms with Gasteiger partial charge in [0.1, 0.15) is 5.69 Å². The molecule has 1 aromatic heterocycles. The van der Waals surface area contributed by atoms with Crippen LogP contribution in [0.25, 0.3) is 0 Å². The lowest BCUT2D eigenvalue weighted by Gasteiger charge is -2.10. The number of sulfonamides is 1. The van der Waals surface area contributed by atoms with Crippen molar-refractivity contribution < 1.29 is 27.5 Å². The summed E-state index contributed by atoms with van der Waals surface area (Å²) >= 11 is 0. The highest BCUT2D eigenvalue weighted by atomic mass is 32.2. The van der Waals surface area contributed by atoms with Crippen LogP contribution in [0.1, 0.15) is 64.6 Å². The van der Waals surface area contributed by atoms with Gasteiger partial charge in [0.25, 0.3) is 15.9 Å². The van der Waals surface area contributed by atoms with E-state index in [9.17, 15) is 22.8 Å². The van der Waals surface area contributed by atoms with Gasteiger partial charge in [-0.05, 0) is 54.7 Å². The van der Waals surface area contributed by atoms with Crippen LogP contribution in [0.2, 0.25) is 0 Å². The third-order valence-electron chi connectivity index (χ3n) is 5.87. The average Bonchev–Trinajstić information content (AvgIpc) is 2.95. The van der Waals surface area contributed by atoms with E-state index in [4.69, 9.17) is 4.74 Å².